The average Bonchev–Trinajstić information content (AvgIpc) is 3.19. The predicted molar refractivity (Wildman–Crippen MR) is 75.8 cm³/mol. The van der Waals surface area contributed by atoms with Crippen LogP contribution in [0, 0.1) is 5.92 Å². The summed E-state index contributed by atoms with van der Waals surface area (Å²) >= 11 is 0. The summed E-state index contributed by atoms with van der Waals surface area (Å²) in [4.78, 5) is 0. The van der Waals surface area contributed by atoms with Crippen molar-refractivity contribution in [3.8, 4) is 0 Å². The van der Waals surface area contributed by atoms with E-state index in [9.17, 15) is 5.11 Å². The van der Waals surface area contributed by atoms with E-state index < -0.39 is 0 Å². The molecule has 0 heterocycles. The Balaban J connectivity index is 1.93. The van der Waals surface area contributed by atoms with Gasteiger partial charge < -0.3 is 15.2 Å². The zero-order valence-electron chi connectivity index (χ0n) is 12.2. The van der Waals surface area contributed by atoms with Crippen molar-refractivity contribution in [2.24, 2.45) is 5.92 Å². The van der Waals surface area contributed by atoms with Crippen molar-refractivity contribution in [2.45, 2.75) is 64.3 Å². The number of ether oxygens (including phenoxy) is 1. The van der Waals surface area contributed by atoms with Gasteiger partial charge in [-0.25, -0.2) is 0 Å². The third-order valence-electron chi connectivity index (χ3n) is 3.79. The maximum absolute atomic E-state index is 9.43. The molecule has 1 fully saturated rings. The number of aliphatic hydroxyl groups excluding tert-OH is 1. The largest absolute Gasteiger partial charge is 0.394 e. The number of unbranched alkanes of at least 4 members (excludes halogenated alkanes) is 1. The molecule has 108 valence electrons. The van der Waals surface area contributed by atoms with Crippen LogP contribution in [-0.4, -0.2) is 37.0 Å². The summed E-state index contributed by atoms with van der Waals surface area (Å²) in [6.45, 7) is 7.28. The lowest BCUT2D eigenvalue weighted by Gasteiger charge is -2.28. The van der Waals surface area contributed by atoms with Crippen molar-refractivity contribution >= 4 is 0 Å². The van der Waals surface area contributed by atoms with Gasteiger partial charge >= 0.3 is 0 Å². The van der Waals surface area contributed by atoms with Gasteiger partial charge in [-0.3, -0.25) is 0 Å². The highest BCUT2D eigenvalue weighted by Gasteiger charge is 2.21. The van der Waals surface area contributed by atoms with Crippen LogP contribution >= 0.6 is 0 Å². The molecular weight excluding hydrogens is 226 g/mol. The van der Waals surface area contributed by atoms with E-state index in [1.165, 1.54) is 19.3 Å². The van der Waals surface area contributed by atoms with E-state index in [4.69, 9.17) is 4.74 Å². The lowest BCUT2D eigenvalue weighted by atomic mass is 9.95. The Morgan fingerprint density at radius 2 is 2.06 bits per heavy atom. The minimum absolute atomic E-state index is 0.107. The Bertz CT molecular complexity index is 207. The molecule has 0 radical (unpaired) electrons. The molecule has 3 nitrogen and oxygen atoms in total. The van der Waals surface area contributed by atoms with Gasteiger partial charge in [0.1, 0.15) is 0 Å². The maximum Gasteiger partial charge on any atom is 0.0610 e. The fourth-order valence-electron chi connectivity index (χ4n) is 2.13. The van der Waals surface area contributed by atoms with E-state index in [-0.39, 0.29) is 12.1 Å². The molecular formula is C15H31NO2. The summed E-state index contributed by atoms with van der Waals surface area (Å²) in [7, 11) is 0. The minimum Gasteiger partial charge on any atom is -0.394 e. The van der Waals surface area contributed by atoms with Crippen molar-refractivity contribution in [3.63, 3.8) is 0 Å². The molecule has 0 aromatic rings. The molecule has 1 saturated carbocycles. The van der Waals surface area contributed by atoms with Crippen LogP contribution in [0.3, 0.4) is 0 Å². The van der Waals surface area contributed by atoms with Gasteiger partial charge in [-0.2, -0.15) is 0 Å². The molecule has 1 unspecified atom stereocenters. The van der Waals surface area contributed by atoms with Crippen LogP contribution in [0.2, 0.25) is 0 Å². The van der Waals surface area contributed by atoms with Crippen LogP contribution in [0.4, 0.5) is 0 Å². The summed E-state index contributed by atoms with van der Waals surface area (Å²) < 4.78 is 5.63. The third kappa shape index (κ3) is 7.34. The molecule has 3 heteroatoms. The molecule has 0 bridgehead atoms. The van der Waals surface area contributed by atoms with Crippen molar-refractivity contribution in [1.29, 1.82) is 0 Å². The van der Waals surface area contributed by atoms with Crippen molar-refractivity contribution in [2.75, 3.05) is 26.4 Å². The van der Waals surface area contributed by atoms with Crippen molar-refractivity contribution in [1.82, 2.24) is 5.32 Å². The van der Waals surface area contributed by atoms with Gasteiger partial charge in [-0.1, -0.05) is 19.8 Å². The van der Waals surface area contributed by atoms with E-state index in [0.717, 1.165) is 51.4 Å². The van der Waals surface area contributed by atoms with Gasteiger partial charge in [-0.05, 0) is 51.5 Å². The van der Waals surface area contributed by atoms with Gasteiger partial charge in [0.2, 0.25) is 0 Å². The smallest absolute Gasteiger partial charge is 0.0610 e. The summed E-state index contributed by atoms with van der Waals surface area (Å²) in [5, 5.41) is 12.9. The minimum atomic E-state index is -0.107. The van der Waals surface area contributed by atoms with Gasteiger partial charge in [0, 0.05) is 18.8 Å². The Labute approximate surface area is 112 Å². The van der Waals surface area contributed by atoms with Crippen LogP contribution in [0.15, 0.2) is 0 Å². The van der Waals surface area contributed by atoms with Gasteiger partial charge in [0.15, 0.2) is 0 Å². The molecule has 1 rings (SSSR count). The Kier molecular flexibility index (Phi) is 7.87. The third-order valence-corrected chi connectivity index (χ3v) is 3.79. The first-order valence-corrected chi connectivity index (χ1v) is 7.64. The zero-order chi connectivity index (χ0) is 13.3. The Hall–Kier alpha value is -0.120. The van der Waals surface area contributed by atoms with E-state index in [1.54, 1.807) is 0 Å². The fraction of sp³-hybridized carbons (Fsp3) is 1.00. The first-order chi connectivity index (χ1) is 8.70. The first kappa shape index (κ1) is 15.9. The molecule has 0 aromatic carbocycles. The number of hydrogen-bond acceptors (Lipinski definition) is 3. The van der Waals surface area contributed by atoms with Crippen LogP contribution in [0.1, 0.15) is 58.8 Å². The molecule has 1 atom stereocenters. The zero-order valence-corrected chi connectivity index (χ0v) is 12.2. The number of aliphatic hydroxyl groups is 1. The molecule has 0 aliphatic heterocycles. The number of rotatable bonds is 12. The molecule has 18 heavy (non-hydrogen) atoms. The second kappa shape index (κ2) is 8.89. The predicted octanol–water partition coefficient (Wildman–Crippen LogP) is 2.72. The lowest BCUT2D eigenvalue weighted by molar-refractivity contribution is 0.117. The summed E-state index contributed by atoms with van der Waals surface area (Å²) in [6, 6.07) is 0. The van der Waals surface area contributed by atoms with Gasteiger partial charge in [0.05, 0.1) is 6.61 Å². The highest BCUT2D eigenvalue weighted by atomic mass is 16.5. The first-order valence-electron chi connectivity index (χ1n) is 7.64. The van der Waals surface area contributed by atoms with Crippen LogP contribution < -0.4 is 5.32 Å². The van der Waals surface area contributed by atoms with Crippen molar-refractivity contribution < 1.29 is 9.84 Å². The van der Waals surface area contributed by atoms with Crippen LogP contribution in [-0.2, 0) is 4.74 Å². The normalized spacial score (nSPS) is 18.8. The van der Waals surface area contributed by atoms with Crippen molar-refractivity contribution in [3.05, 3.63) is 0 Å². The lowest BCUT2D eigenvalue weighted by Crippen LogP contribution is -2.46. The van der Waals surface area contributed by atoms with Gasteiger partial charge in [0.25, 0.3) is 0 Å². The van der Waals surface area contributed by atoms with Gasteiger partial charge in [-0.15, -0.1) is 0 Å². The standard InChI is InChI=1S/C15H31NO2/c1-3-10-16-15(2,13-17)9-4-5-11-18-12-8-14-6-7-14/h14,16-17H,3-13H2,1-2H3. The number of hydrogen-bond donors (Lipinski definition) is 2. The summed E-state index contributed by atoms with van der Waals surface area (Å²) in [5.41, 5.74) is -0.107. The highest BCUT2D eigenvalue weighted by Crippen LogP contribution is 2.32. The molecule has 1 aliphatic carbocycles. The number of nitrogens with one attached hydrogen (secondary N) is 1. The SMILES string of the molecule is CCCNC(C)(CO)CCCCOCCC1CC1. The second-order valence-electron chi connectivity index (χ2n) is 5.95. The average molecular weight is 257 g/mol. The molecule has 0 amide bonds. The molecule has 0 spiro atoms. The van der Waals surface area contributed by atoms with Crippen LogP contribution in [0.5, 0.6) is 0 Å². The topological polar surface area (TPSA) is 41.5 Å². The fourth-order valence-corrected chi connectivity index (χ4v) is 2.13. The summed E-state index contributed by atoms with van der Waals surface area (Å²) in [6.07, 6.45) is 8.45. The summed E-state index contributed by atoms with van der Waals surface area (Å²) in [5.74, 6) is 0.973. The van der Waals surface area contributed by atoms with E-state index in [0.29, 0.717) is 0 Å². The Morgan fingerprint density at radius 1 is 1.28 bits per heavy atom. The van der Waals surface area contributed by atoms with E-state index >= 15 is 0 Å². The molecule has 2 N–H and O–H groups in total. The molecule has 0 aromatic heterocycles. The monoisotopic (exact) mass is 257 g/mol. The van der Waals surface area contributed by atoms with E-state index in [1.807, 2.05) is 0 Å². The molecule has 1 aliphatic rings. The maximum atomic E-state index is 9.43. The highest BCUT2D eigenvalue weighted by molar-refractivity contribution is 4.81. The molecule has 0 saturated heterocycles. The Morgan fingerprint density at radius 3 is 2.67 bits per heavy atom. The van der Waals surface area contributed by atoms with E-state index in [2.05, 4.69) is 19.2 Å². The quantitative estimate of drug-likeness (QED) is 0.528. The van der Waals surface area contributed by atoms with Crippen LogP contribution in [0.25, 0.3) is 0 Å². The second-order valence-corrected chi connectivity index (χ2v) is 5.95.